The summed E-state index contributed by atoms with van der Waals surface area (Å²) in [5, 5.41) is 21.2. The molecule has 4 saturated carbocycles. The topological polar surface area (TPSA) is 40.5 Å². The van der Waals surface area contributed by atoms with Gasteiger partial charge in [0.25, 0.3) is 0 Å². The van der Waals surface area contributed by atoms with Gasteiger partial charge in [0, 0.05) is 0 Å². The van der Waals surface area contributed by atoms with Crippen molar-refractivity contribution in [1.82, 2.24) is 0 Å². The highest BCUT2D eigenvalue weighted by Gasteiger charge is 2.63. The minimum atomic E-state index is -4.20. The molecule has 0 spiro atoms. The first-order chi connectivity index (χ1) is 15.7. The van der Waals surface area contributed by atoms with Crippen LogP contribution in [0.3, 0.4) is 0 Å². The van der Waals surface area contributed by atoms with Gasteiger partial charge in [0.2, 0.25) is 0 Å². The summed E-state index contributed by atoms with van der Waals surface area (Å²) in [5.74, 6) is 0.446. The highest BCUT2D eigenvalue weighted by atomic mass is 19.4. The van der Waals surface area contributed by atoms with Crippen molar-refractivity contribution in [2.75, 3.05) is 0 Å². The molecule has 0 bridgehead atoms. The molecule has 0 saturated heterocycles. The normalized spacial score (nSPS) is 46.5. The third-order valence-corrected chi connectivity index (χ3v) is 12.0. The minimum Gasteiger partial charge on any atom is -0.393 e. The molecule has 198 valence electrons. The monoisotopic (exact) mass is 486 g/mol. The van der Waals surface area contributed by atoms with Gasteiger partial charge in [-0.2, -0.15) is 13.2 Å². The maximum absolute atomic E-state index is 14.4. The Morgan fingerprint density at radius 3 is 2.18 bits per heavy atom. The molecule has 4 rings (SSSR count). The molecule has 10 atom stereocenters. The molecule has 4 aliphatic carbocycles. The van der Waals surface area contributed by atoms with Crippen molar-refractivity contribution in [2.45, 2.75) is 130 Å². The summed E-state index contributed by atoms with van der Waals surface area (Å²) in [5.41, 5.74) is -0.528. The number of alkyl halides is 3. The summed E-state index contributed by atoms with van der Waals surface area (Å²) in [4.78, 5) is 0. The van der Waals surface area contributed by atoms with Crippen LogP contribution in [0, 0.1) is 52.3 Å². The molecule has 0 aromatic heterocycles. The molecule has 2 N–H and O–H groups in total. The van der Waals surface area contributed by atoms with Crippen LogP contribution in [0.5, 0.6) is 0 Å². The Bertz CT molecular complexity index is 723. The van der Waals surface area contributed by atoms with Crippen molar-refractivity contribution in [3.05, 3.63) is 0 Å². The maximum Gasteiger partial charge on any atom is 0.392 e. The lowest BCUT2D eigenvalue weighted by Gasteiger charge is -2.62. The first-order valence-electron chi connectivity index (χ1n) is 14.2. The van der Waals surface area contributed by atoms with Gasteiger partial charge in [-0.3, -0.25) is 0 Å². The van der Waals surface area contributed by atoms with E-state index < -0.39 is 23.8 Å². The molecular formula is C29H49F3O2. The Kier molecular flexibility index (Phi) is 7.26. The average Bonchev–Trinajstić information content (AvgIpc) is 3.10. The Balaban J connectivity index is 1.53. The minimum absolute atomic E-state index is 0.00646. The molecule has 0 amide bonds. The number of aliphatic hydroxyl groups excluding tert-OH is 1. The Morgan fingerprint density at radius 1 is 0.882 bits per heavy atom. The van der Waals surface area contributed by atoms with Crippen molar-refractivity contribution in [3.8, 4) is 0 Å². The number of hydrogen-bond acceptors (Lipinski definition) is 2. The van der Waals surface area contributed by atoms with Crippen molar-refractivity contribution < 1.29 is 23.4 Å². The summed E-state index contributed by atoms with van der Waals surface area (Å²) in [6.45, 7) is 10.5. The van der Waals surface area contributed by atoms with Crippen molar-refractivity contribution >= 4 is 0 Å². The standard InChI is InChI=1S/C29H49F3O2/c1-6-28(34)16-15-26(4)19(17-28)7-8-20-21-9-10-23(27(21,5)14-13-22(20)26)24(29(30,31)32)11-12-25(33)18(2)3/h18-25,33-34H,6-17H2,1-5H3/t19-,20-,21-,22-,23+,24-,25-,26-,27-,28-/m0/s1. The molecule has 0 radical (unpaired) electrons. The molecule has 0 unspecified atom stereocenters. The fourth-order valence-electron chi connectivity index (χ4n) is 9.62. The van der Waals surface area contributed by atoms with Crippen LogP contribution in [0.2, 0.25) is 0 Å². The molecule has 0 heterocycles. The Hall–Kier alpha value is -0.290. The molecule has 2 nitrogen and oxygen atoms in total. The third-order valence-electron chi connectivity index (χ3n) is 12.0. The van der Waals surface area contributed by atoms with Crippen LogP contribution in [0.4, 0.5) is 13.2 Å². The smallest absolute Gasteiger partial charge is 0.392 e. The van der Waals surface area contributed by atoms with E-state index in [0.717, 1.165) is 57.8 Å². The Morgan fingerprint density at radius 2 is 1.56 bits per heavy atom. The summed E-state index contributed by atoms with van der Waals surface area (Å²) in [6.07, 6.45) is 4.92. The van der Waals surface area contributed by atoms with Crippen molar-refractivity contribution in [3.63, 3.8) is 0 Å². The number of rotatable bonds is 6. The third kappa shape index (κ3) is 4.48. The lowest BCUT2D eigenvalue weighted by molar-refractivity contribution is -0.211. The van der Waals surface area contributed by atoms with Crippen LogP contribution in [0.25, 0.3) is 0 Å². The van der Waals surface area contributed by atoms with Gasteiger partial charge in [-0.15, -0.1) is 0 Å². The predicted molar refractivity (Wildman–Crippen MR) is 130 cm³/mol. The molecule has 4 aliphatic rings. The number of halogens is 3. The molecular weight excluding hydrogens is 437 g/mol. The van der Waals surface area contributed by atoms with E-state index >= 15 is 0 Å². The number of fused-ring (bicyclic) bond motifs is 5. The molecule has 0 aromatic carbocycles. The van der Waals surface area contributed by atoms with E-state index in [-0.39, 0.29) is 35.5 Å². The summed E-state index contributed by atoms with van der Waals surface area (Å²) < 4.78 is 43.1. The second-order valence-corrected chi connectivity index (χ2v) is 13.7. The zero-order valence-corrected chi connectivity index (χ0v) is 22.1. The molecule has 0 aromatic rings. The highest BCUT2D eigenvalue weighted by Crippen LogP contribution is 2.69. The van der Waals surface area contributed by atoms with E-state index in [1.165, 1.54) is 0 Å². The van der Waals surface area contributed by atoms with Gasteiger partial charge in [0.15, 0.2) is 0 Å². The first kappa shape index (κ1) is 26.8. The molecule has 34 heavy (non-hydrogen) atoms. The lowest BCUT2D eigenvalue weighted by atomic mass is 9.43. The summed E-state index contributed by atoms with van der Waals surface area (Å²) in [7, 11) is 0. The van der Waals surface area contributed by atoms with Gasteiger partial charge in [-0.1, -0.05) is 34.6 Å². The van der Waals surface area contributed by atoms with Crippen LogP contribution in [0.1, 0.15) is 112 Å². The number of hydrogen-bond donors (Lipinski definition) is 2. The van der Waals surface area contributed by atoms with Gasteiger partial charge >= 0.3 is 6.18 Å². The van der Waals surface area contributed by atoms with E-state index in [1.807, 2.05) is 13.8 Å². The van der Waals surface area contributed by atoms with E-state index in [2.05, 4.69) is 20.8 Å². The second kappa shape index (κ2) is 9.23. The Labute approximate surface area is 205 Å². The van der Waals surface area contributed by atoms with E-state index in [4.69, 9.17) is 0 Å². The maximum atomic E-state index is 14.4. The first-order valence-corrected chi connectivity index (χ1v) is 14.2. The van der Waals surface area contributed by atoms with Crippen LogP contribution in [-0.2, 0) is 0 Å². The average molecular weight is 487 g/mol. The fourth-order valence-corrected chi connectivity index (χ4v) is 9.62. The highest BCUT2D eigenvalue weighted by molar-refractivity contribution is 5.11. The van der Waals surface area contributed by atoms with Crippen molar-refractivity contribution in [1.29, 1.82) is 0 Å². The zero-order chi connectivity index (χ0) is 25.1. The van der Waals surface area contributed by atoms with Gasteiger partial charge in [0.05, 0.1) is 17.6 Å². The number of aliphatic hydroxyl groups is 2. The summed E-state index contributed by atoms with van der Waals surface area (Å²) in [6, 6.07) is 0. The quantitative estimate of drug-likeness (QED) is 0.403. The fraction of sp³-hybridized carbons (Fsp3) is 1.00. The van der Waals surface area contributed by atoms with Crippen LogP contribution >= 0.6 is 0 Å². The molecule has 0 aliphatic heterocycles. The molecule has 5 heteroatoms. The zero-order valence-electron chi connectivity index (χ0n) is 22.1. The van der Waals surface area contributed by atoms with Crippen molar-refractivity contribution in [2.24, 2.45) is 52.3 Å². The van der Waals surface area contributed by atoms with Crippen LogP contribution in [0.15, 0.2) is 0 Å². The van der Waals surface area contributed by atoms with E-state index in [9.17, 15) is 23.4 Å². The van der Waals surface area contributed by atoms with Crippen LogP contribution in [-0.4, -0.2) is 28.1 Å². The van der Waals surface area contributed by atoms with Gasteiger partial charge in [-0.25, -0.2) is 0 Å². The second-order valence-electron chi connectivity index (χ2n) is 13.7. The summed E-state index contributed by atoms with van der Waals surface area (Å²) >= 11 is 0. The van der Waals surface area contributed by atoms with E-state index in [1.54, 1.807) is 0 Å². The van der Waals surface area contributed by atoms with E-state index in [0.29, 0.717) is 30.1 Å². The molecule has 4 fully saturated rings. The lowest BCUT2D eigenvalue weighted by Crippen LogP contribution is -2.56. The van der Waals surface area contributed by atoms with Gasteiger partial charge in [-0.05, 0) is 123 Å². The van der Waals surface area contributed by atoms with Gasteiger partial charge in [0.1, 0.15) is 0 Å². The largest absolute Gasteiger partial charge is 0.393 e. The van der Waals surface area contributed by atoms with Crippen LogP contribution < -0.4 is 0 Å². The van der Waals surface area contributed by atoms with Gasteiger partial charge < -0.3 is 10.2 Å². The predicted octanol–water partition coefficient (Wildman–Crippen LogP) is 7.76. The SMILES string of the molecule is CC[C@]1(O)CC[C@@]2(C)[C@@H](CC[C@@H]3[C@@H]2CC[C@]2(C)[C@@H]([C@H](CC[C@H](O)C(C)C)C(F)(F)F)CC[C@@H]32)C1.